The van der Waals surface area contributed by atoms with Crippen LogP contribution in [0.5, 0.6) is 0 Å². The Morgan fingerprint density at radius 3 is 2.76 bits per heavy atom. The van der Waals surface area contributed by atoms with E-state index in [1.54, 1.807) is 6.20 Å². The van der Waals surface area contributed by atoms with Gasteiger partial charge in [0.1, 0.15) is 0 Å². The maximum atomic E-state index is 13.3. The number of aromatic amines is 1. The van der Waals surface area contributed by atoms with Crippen LogP contribution in [0.3, 0.4) is 0 Å². The van der Waals surface area contributed by atoms with Crippen LogP contribution in [-0.4, -0.2) is 56.4 Å². The van der Waals surface area contributed by atoms with Gasteiger partial charge in [-0.15, -0.1) is 0 Å². The molecule has 3 aromatic rings. The molecular weight excluding hydrogens is 418 g/mol. The van der Waals surface area contributed by atoms with Gasteiger partial charge in [0.2, 0.25) is 5.89 Å². The molecule has 4 heterocycles. The van der Waals surface area contributed by atoms with Crippen LogP contribution in [-0.2, 0) is 11.2 Å². The molecule has 2 aliphatic heterocycles. The molecular formula is C25H31N5O3. The maximum Gasteiger partial charge on any atom is 0.257 e. The number of benzene rings is 1. The lowest BCUT2D eigenvalue weighted by atomic mass is 9.78. The minimum atomic E-state index is -0.164. The smallest absolute Gasteiger partial charge is 0.257 e. The number of rotatable bonds is 5. The molecule has 2 aromatic heterocycles. The molecule has 1 unspecified atom stereocenters. The molecule has 0 aliphatic carbocycles. The number of hydrogen-bond acceptors (Lipinski definition) is 6. The third-order valence-corrected chi connectivity index (χ3v) is 6.94. The predicted octanol–water partition coefficient (Wildman–Crippen LogP) is 4.23. The Kier molecular flexibility index (Phi) is 6.01. The molecule has 0 bridgehead atoms. The van der Waals surface area contributed by atoms with Crippen LogP contribution in [0, 0.1) is 5.92 Å². The molecule has 1 aromatic carbocycles. The third kappa shape index (κ3) is 4.57. The fourth-order valence-corrected chi connectivity index (χ4v) is 5.06. The Morgan fingerprint density at radius 1 is 1.24 bits per heavy atom. The van der Waals surface area contributed by atoms with E-state index in [-0.39, 0.29) is 17.4 Å². The topological polar surface area (TPSA) is 97.1 Å². The number of hydrogen-bond donors (Lipinski definition) is 1. The van der Waals surface area contributed by atoms with Crippen molar-refractivity contribution in [3.8, 4) is 11.3 Å². The summed E-state index contributed by atoms with van der Waals surface area (Å²) in [4.78, 5) is 19.8. The van der Waals surface area contributed by atoms with Crippen molar-refractivity contribution in [3.05, 3.63) is 53.8 Å². The van der Waals surface area contributed by atoms with E-state index < -0.39 is 0 Å². The molecule has 174 valence electrons. The second-order valence-electron chi connectivity index (χ2n) is 9.61. The zero-order chi connectivity index (χ0) is 22.8. The van der Waals surface area contributed by atoms with Crippen LogP contribution in [0.15, 0.2) is 41.1 Å². The Hall–Kier alpha value is -3.00. The Balaban J connectivity index is 1.21. The SMILES string of the molecule is CC(C)c1nc(CC2CCOC3(CCN(C(=O)c4cn[nH]c4-c4ccccc4)CC3)C2)no1. The molecule has 0 saturated carbocycles. The quantitative estimate of drug-likeness (QED) is 0.626. The van der Waals surface area contributed by atoms with Crippen molar-refractivity contribution in [2.24, 2.45) is 5.92 Å². The van der Waals surface area contributed by atoms with Crippen molar-refractivity contribution in [1.82, 2.24) is 25.2 Å². The highest BCUT2D eigenvalue weighted by Crippen LogP contribution is 2.39. The maximum absolute atomic E-state index is 13.3. The van der Waals surface area contributed by atoms with Gasteiger partial charge in [-0.05, 0) is 31.6 Å². The van der Waals surface area contributed by atoms with Crippen LogP contribution in [0.4, 0.5) is 0 Å². The zero-order valence-electron chi connectivity index (χ0n) is 19.3. The first kappa shape index (κ1) is 21.8. The highest BCUT2D eigenvalue weighted by Gasteiger charge is 2.41. The number of carbonyl (C=O) groups excluding carboxylic acids is 1. The Bertz CT molecular complexity index is 1080. The standard InChI is InChI=1S/C25H31N5O3/c1-17(2)23-27-21(29-33-23)14-18-8-13-32-25(15-18)9-11-30(12-10-25)24(31)20-16-26-28-22(20)19-6-4-3-5-7-19/h3-7,16-18H,8-15H2,1-2H3,(H,26,28). The summed E-state index contributed by atoms with van der Waals surface area (Å²) in [6.07, 6.45) is 6.12. The van der Waals surface area contributed by atoms with Crippen molar-refractivity contribution in [2.45, 2.75) is 57.5 Å². The molecule has 1 amide bonds. The number of piperidine rings is 1. The molecule has 5 rings (SSSR count). The molecule has 1 spiro atoms. The van der Waals surface area contributed by atoms with Gasteiger partial charge in [0.15, 0.2) is 5.82 Å². The van der Waals surface area contributed by atoms with Crippen LogP contribution < -0.4 is 0 Å². The molecule has 1 atom stereocenters. The van der Waals surface area contributed by atoms with Crippen LogP contribution in [0.1, 0.15) is 67.5 Å². The largest absolute Gasteiger partial charge is 0.375 e. The predicted molar refractivity (Wildman–Crippen MR) is 123 cm³/mol. The normalized spacial score (nSPS) is 20.5. The van der Waals surface area contributed by atoms with E-state index in [0.29, 0.717) is 30.5 Å². The molecule has 1 N–H and O–H groups in total. The summed E-state index contributed by atoms with van der Waals surface area (Å²) in [6, 6.07) is 9.86. The first-order valence-corrected chi connectivity index (χ1v) is 11.9. The number of aromatic nitrogens is 4. The number of nitrogens with one attached hydrogen (secondary N) is 1. The van der Waals surface area contributed by atoms with E-state index in [2.05, 4.69) is 34.2 Å². The Labute approximate surface area is 193 Å². The van der Waals surface area contributed by atoms with Crippen molar-refractivity contribution in [1.29, 1.82) is 0 Å². The van der Waals surface area contributed by atoms with E-state index in [9.17, 15) is 4.79 Å². The summed E-state index contributed by atoms with van der Waals surface area (Å²) in [5.74, 6) is 2.23. The van der Waals surface area contributed by atoms with Crippen molar-refractivity contribution >= 4 is 5.91 Å². The van der Waals surface area contributed by atoms with Gasteiger partial charge in [-0.1, -0.05) is 49.3 Å². The lowest BCUT2D eigenvalue weighted by Gasteiger charge is -2.46. The lowest BCUT2D eigenvalue weighted by Crippen LogP contribution is -2.51. The van der Waals surface area contributed by atoms with Gasteiger partial charge < -0.3 is 14.2 Å². The van der Waals surface area contributed by atoms with Crippen LogP contribution in [0.2, 0.25) is 0 Å². The highest BCUT2D eigenvalue weighted by molar-refractivity contribution is 5.99. The zero-order valence-corrected chi connectivity index (χ0v) is 19.3. The van der Waals surface area contributed by atoms with Gasteiger partial charge in [0.25, 0.3) is 5.91 Å². The van der Waals surface area contributed by atoms with Gasteiger partial charge in [-0.25, -0.2) is 0 Å². The summed E-state index contributed by atoms with van der Waals surface area (Å²) in [7, 11) is 0. The van der Waals surface area contributed by atoms with Crippen LogP contribution in [0.25, 0.3) is 11.3 Å². The molecule has 33 heavy (non-hydrogen) atoms. The molecule has 0 radical (unpaired) electrons. The van der Waals surface area contributed by atoms with Gasteiger partial charge in [-0.3, -0.25) is 9.89 Å². The molecule has 2 saturated heterocycles. The van der Waals surface area contributed by atoms with Gasteiger partial charge >= 0.3 is 0 Å². The average molecular weight is 450 g/mol. The number of H-pyrrole nitrogens is 1. The first-order chi connectivity index (χ1) is 16.0. The summed E-state index contributed by atoms with van der Waals surface area (Å²) in [5, 5.41) is 11.3. The van der Waals surface area contributed by atoms with Gasteiger partial charge in [0.05, 0.1) is 23.1 Å². The number of ether oxygens (including phenoxy) is 1. The molecule has 8 nitrogen and oxygen atoms in total. The van der Waals surface area contributed by atoms with E-state index in [4.69, 9.17) is 9.26 Å². The number of amides is 1. The minimum Gasteiger partial charge on any atom is -0.375 e. The Morgan fingerprint density at radius 2 is 2.03 bits per heavy atom. The van der Waals surface area contributed by atoms with E-state index in [1.165, 1.54) is 0 Å². The second-order valence-corrected chi connectivity index (χ2v) is 9.61. The van der Waals surface area contributed by atoms with E-state index >= 15 is 0 Å². The molecule has 8 heteroatoms. The summed E-state index contributed by atoms with van der Waals surface area (Å²) >= 11 is 0. The highest BCUT2D eigenvalue weighted by atomic mass is 16.5. The number of likely N-dealkylation sites (tertiary alicyclic amines) is 1. The fourth-order valence-electron chi connectivity index (χ4n) is 5.06. The van der Waals surface area contributed by atoms with Crippen molar-refractivity contribution < 1.29 is 14.1 Å². The fraction of sp³-hybridized carbons (Fsp3) is 0.520. The third-order valence-electron chi connectivity index (χ3n) is 6.94. The van der Waals surface area contributed by atoms with E-state index in [1.807, 2.05) is 35.2 Å². The lowest BCUT2D eigenvalue weighted by molar-refractivity contribution is -0.123. The van der Waals surface area contributed by atoms with Crippen molar-refractivity contribution in [2.75, 3.05) is 19.7 Å². The van der Waals surface area contributed by atoms with Crippen LogP contribution >= 0.6 is 0 Å². The summed E-state index contributed by atoms with van der Waals surface area (Å²) < 4.78 is 11.7. The summed E-state index contributed by atoms with van der Waals surface area (Å²) in [5.41, 5.74) is 2.20. The van der Waals surface area contributed by atoms with E-state index in [0.717, 1.165) is 55.8 Å². The molecule has 2 aliphatic rings. The average Bonchev–Trinajstić information content (AvgIpc) is 3.50. The van der Waals surface area contributed by atoms with Gasteiger partial charge in [0, 0.05) is 37.6 Å². The first-order valence-electron chi connectivity index (χ1n) is 11.9. The van der Waals surface area contributed by atoms with Crippen molar-refractivity contribution in [3.63, 3.8) is 0 Å². The molecule has 2 fully saturated rings. The minimum absolute atomic E-state index is 0.0258. The number of nitrogens with zero attached hydrogens (tertiary/aromatic N) is 4. The van der Waals surface area contributed by atoms with Gasteiger partial charge in [-0.2, -0.15) is 10.1 Å². The number of carbonyl (C=O) groups is 1. The second kappa shape index (κ2) is 9.09. The monoisotopic (exact) mass is 449 g/mol. The summed E-state index contributed by atoms with van der Waals surface area (Å²) in [6.45, 7) is 6.23.